The topological polar surface area (TPSA) is 54.0 Å². The average molecular weight is 319 g/mol. The van der Waals surface area contributed by atoms with E-state index >= 15 is 0 Å². The molecule has 2 aliphatic rings. The van der Waals surface area contributed by atoms with Gasteiger partial charge in [0.05, 0.1) is 7.11 Å². The number of hydrogen-bond donors (Lipinski definition) is 1. The van der Waals surface area contributed by atoms with Gasteiger partial charge in [-0.3, -0.25) is 9.69 Å². The fraction of sp³-hybridized carbons (Fsp3) is 0.588. The number of likely N-dealkylation sites (tertiary alicyclic amines) is 1. The molecule has 126 valence electrons. The molecular formula is C17H25N3O3. The lowest BCUT2D eigenvalue weighted by Gasteiger charge is -2.32. The highest BCUT2D eigenvalue weighted by atomic mass is 16.5. The number of carbonyl (C=O) groups is 1. The Labute approximate surface area is 137 Å². The van der Waals surface area contributed by atoms with Crippen LogP contribution in [0.1, 0.15) is 6.42 Å². The molecule has 3 rings (SSSR count). The fourth-order valence-corrected chi connectivity index (χ4v) is 3.22. The predicted molar refractivity (Wildman–Crippen MR) is 87.9 cm³/mol. The van der Waals surface area contributed by atoms with Crippen LogP contribution in [0.4, 0.5) is 0 Å². The summed E-state index contributed by atoms with van der Waals surface area (Å²) in [5, 5.41) is 3.37. The van der Waals surface area contributed by atoms with E-state index < -0.39 is 0 Å². The molecular weight excluding hydrogens is 294 g/mol. The van der Waals surface area contributed by atoms with Gasteiger partial charge in [-0.05, 0) is 30.7 Å². The number of piperazine rings is 1. The third-order valence-electron chi connectivity index (χ3n) is 4.61. The maximum Gasteiger partial charge on any atom is 0.260 e. The molecule has 0 aliphatic carbocycles. The largest absolute Gasteiger partial charge is 0.497 e. The lowest BCUT2D eigenvalue weighted by molar-refractivity contribution is -0.132. The van der Waals surface area contributed by atoms with Crippen LogP contribution in [0.15, 0.2) is 24.3 Å². The highest BCUT2D eigenvalue weighted by Gasteiger charge is 2.30. The van der Waals surface area contributed by atoms with Crippen LogP contribution >= 0.6 is 0 Å². The van der Waals surface area contributed by atoms with Crippen molar-refractivity contribution in [2.45, 2.75) is 12.5 Å². The highest BCUT2D eigenvalue weighted by molar-refractivity contribution is 5.78. The third-order valence-corrected chi connectivity index (χ3v) is 4.61. The summed E-state index contributed by atoms with van der Waals surface area (Å²) >= 11 is 0. The Morgan fingerprint density at radius 3 is 2.57 bits per heavy atom. The van der Waals surface area contributed by atoms with Gasteiger partial charge in [-0.15, -0.1) is 0 Å². The van der Waals surface area contributed by atoms with Crippen LogP contribution in [0, 0.1) is 0 Å². The monoisotopic (exact) mass is 319 g/mol. The molecule has 0 radical (unpaired) electrons. The molecule has 2 heterocycles. The third kappa shape index (κ3) is 4.14. The number of amides is 1. The second-order valence-electron chi connectivity index (χ2n) is 6.03. The second kappa shape index (κ2) is 7.66. The van der Waals surface area contributed by atoms with Crippen molar-refractivity contribution in [2.75, 3.05) is 53.0 Å². The maximum atomic E-state index is 12.3. The van der Waals surface area contributed by atoms with Gasteiger partial charge in [-0.2, -0.15) is 0 Å². The molecule has 6 nitrogen and oxygen atoms in total. The standard InChI is InChI=1S/C17H25N3O3/c1-22-15-2-4-16(5-3-15)23-13-17(21)20-9-6-14(12-20)19-10-7-18-8-11-19/h2-5,14,18H,6-13H2,1H3. The summed E-state index contributed by atoms with van der Waals surface area (Å²) in [6, 6.07) is 7.80. The van der Waals surface area contributed by atoms with Crippen molar-refractivity contribution in [2.24, 2.45) is 0 Å². The number of carbonyl (C=O) groups excluding carboxylic acids is 1. The Morgan fingerprint density at radius 2 is 1.87 bits per heavy atom. The number of methoxy groups -OCH3 is 1. The van der Waals surface area contributed by atoms with Crippen LogP contribution in [0.25, 0.3) is 0 Å². The quantitative estimate of drug-likeness (QED) is 0.860. The van der Waals surface area contributed by atoms with Crippen LogP contribution in [0.2, 0.25) is 0 Å². The molecule has 1 atom stereocenters. The van der Waals surface area contributed by atoms with Gasteiger partial charge < -0.3 is 19.7 Å². The zero-order valence-corrected chi connectivity index (χ0v) is 13.7. The summed E-state index contributed by atoms with van der Waals surface area (Å²) < 4.78 is 10.7. The van der Waals surface area contributed by atoms with Crippen LogP contribution < -0.4 is 14.8 Å². The molecule has 1 unspecified atom stereocenters. The number of nitrogens with zero attached hydrogens (tertiary/aromatic N) is 2. The van der Waals surface area contributed by atoms with Gasteiger partial charge in [0.2, 0.25) is 0 Å². The Morgan fingerprint density at radius 1 is 1.17 bits per heavy atom. The fourth-order valence-electron chi connectivity index (χ4n) is 3.22. The Hall–Kier alpha value is -1.79. The molecule has 2 fully saturated rings. The van der Waals surface area contributed by atoms with E-state index in [9.17, 15) is 4.79 Å². The van der Waals surface area contributed by atoms with Crippen molar-refractivity contribution in [3.8, 4) is 11.5 Å². The number of nitrogens with one attached hydrogen (secondary N) is 1. The maximum absolute atomic E-state index is 12.3. The number of ether oxygens (including phenoxy) is 2. The number of rotatable bonds is 5. The molecule has 0 spiro atoms. The molecule has 2 saturated heterocycles. The zero-order chi connectivity index (χ0) is 16.1. The molecule has 23 heavy (non-hydrogen) atoms. The van der Waals surface area contributed by atoms with E-state index in [1.165, 1.54) is 0 Å². The first kappa shape index (κ1) is 16.1. The van der Waals surface area contributed by atoms with Crippen LogP contribution in [0.3, 0.4) is 0 Å². The van der Waals surface area contributed by atoms with Crippen molar-refractivity contribution in [3.05, 3.63) is 24.3 Å². The number of benzene rings is 1. The van der Waals surface area contributed by atoms with Gasteiger partial charge in [-0.25, -0.2) is 0 Å². The lowest BCUT2D eigenvalue weighted by Crippen LogP contribution is -2.49. The van der Waals surface area contributed by atoms with Crippen molar-refractivity contribution in [1.29, 1.82) is 0 Å². The van der Waals surface area contributed by atoms with Crippen molar-refractivity contribution < 1.29 is 14.3 Å². The molecule has 6 heteroatoms. The average Bonchev–Trinajstić information content (AvgIpc) is 3.11. The minimum atomic E-state index is 0.0680. The lowest BCUT2D eigenvalue weighted by atomic mass is 10.2. The van der Waals surface area contributed by atoms with E-state index in [1.807, 2.05) is 29.2 Å². The normalized spacial score (nSPS) is 22.1. The van der Waals surface area contributed by atoms with E-state index in [0.717, 1.165) is 51.4 Å². The van der Waals surface area contributed by atoms with Crippen molar-refractivity contribution in [3.63, 3.8) is 0 Å². The van der Waals surface area contributed by atoms with Gasteiger partial charge in [0, 0.05) is 45.3 Å². The first-order chi connectivity index (χ1) is 11.3. The zero-order valence-electron chi connectivity index (χ0n) is 13.7. The van der Waals surface area contributed by atoms with E-state index in [1.54, 1.807) is 7.11 Å². The predicted octanol–water partition coefficient (Wildman–Crippen LogP) is 0.580. The summed E-state index contributed by atoms with van der Waals surface area (Å²) in [6.07, 6.45) is 1.06. The van der Waals surface area contributed by atoms with Crippen molar-refractivity contribution >= 4 is 5.91 Å². The van der Waals surface area contributed by atoms with Gasteiger partial charge in [0.25, 0.3) is 5.91 Å². The van der Waals surface area contributed by atoms with E-state index in [0.29, 0.717) is 11.8 Å². The summed E-state index contributed by atoms with van der Waals surface area (Å²) in [5.41, 5.74) is 0. The molecule has 0 saturated carbocycles. The van der Waals surface area contributed by atoms with Crippen LogP contribution in [0.5, 0.6) is 11.5 Å². The summed E-state index contributed by atoms with van der Waals surface area (Å²) in [5.74, 6) is 1.54. The molecule has 1 amide bonds. The van der Waals surface area contributed by atoms with E-state index in [-0.39, 0.29) is 12.5 Å². The Balaban J connectivity index is 1.45. The summed E-state index contributed by atoms with van der Waals surface area (Å²) in [6.45, 7) is 6.00. The summed E-state index contributed by atoms with van der Waals surface area (Å²) in [7, 11) is 1.63. The molecule has 0 bridgehead atoms. The van der Waals surface area contributed by atoms with Gasteiger partial charge >= 0.3 is 0 Å². The van der Waals surface area contributed by atoms with E-state index in [2.05, 4.69) is 10.2 Å². The SMILES string of the molecule is COc1ccc(OCC(=O)N2CCC(N3CCNCC3)C2)cc1. The molecule has 0 aromatic heterocycles. The first-order valence-corrected chi connectivity index (χ1v) is 8.25. The number of hydrogen-bond acceptors (Lipinski definition) is 5. The van der Waals surface area contributed by atoms with Crippen LogP contribution in [-0.2, 0) is 4.79 Å². The highest BCUT2D eigenvalue weighted by Crippen LogP contribution is 2.19. The minimum absolute atomic E-state index is 0.0680. The Kier molecular flexibility index (Phi) is 5.35. The van der Waals surface area contributed by atoms with Crippen molar-refractivity contribution in [1.82, 2.24) is 15.1 Å². The van der Waals surface area contributed by atoms with E-state index in [4.69, 9.17) is 9.47 Å². The Bertz CT molecular complexity index is 514. The van der Waals surface area contributed by atoms with Crippen LogP contribution in [-0.4, -0.2) is 74.7 Å². The summed E-state index contributed by atoms with van der Waals surface area (Å²) in [4.78, 5) is 16.7. The van der Waals surface area contributed by atoms with Gasteiger partial charge in [0.15, 0.2) is 6.61 Å². The molecule has 1 aromatic carbocycles. The molecule has 1 aromatic rings. The molecule has 2 aliphatic heterocycles. The smallest absolute Gasteiger partial charge is 0.260 e. The second-order valence-corrected chi connectivity index (χ2v) is 6.03. The van der Waals surface area contributed by atoms with Gasteiger partial charge in [0.1, 0.15) is 11.5 Å². The van der Waals surface area contributed by atoms with Gasteiger partial charge in [-0.1, -0.05) is 0 Å². The first-order valence-electron chi connectivity index (χ1n) is 8.25. The molecule has 1 N–H and O–H groups in total. The minimum Gasteiger partial charge on any atom is -0.497 e.